The van der Waals surface area contributed by atoms with Gasteiger partial charge in [-0.15, -0.1) is 0 Å². The highest BCUT2D eigenvalue weighted by Crippen LogP contribution is 2.22. The Morgan fingerprint density at radius 1 is 1.30 bits per heavy atom. The van der Waals surface area contributed by atoms with Gasteiger partial charge in [-0.05, 0) is 36.5 Å². The van der Waals surface area contributed by atoms with Gasteiger partial charge in [0.25, 0.3) is 0 Å². The van der Waals surface area contributed by atoms with Gasteiger partial charge in [-0.1, -0.05) is 19.1 Å². The summed E-state index contributed by atoms with van der Waals surface area (Å²) < 4.78 is 16.2. The number of esters is 1. The zero-order valence-corrected chi connectivity index (χ0v) is 12.1. The smallest absolute Gasteiger partial charge is 0.308 e. The number of ether oxygens (including phenoxy) is 3. The lowest BCUT2D eigenvalue weighted by Gasteiger charge is -2.26. The number of hydrogen-bond donors (Lipinski definition) is 0. The lowest BCUT2D eigenvalue weighted by molar-refractivity contribution is -0.150. The molecule has 4 heteroatoms. The van der Waals surface area contributed by atoms with Crippen LogP contribution in [0.1, 0.15) is 31.7 Å². The van der Waals surface area contributed by atoms with Crippen LogP contribution in [0.2, 0.25) is 0 Å². The van der Waals surface area contributed by atoms with E-state index in [9.17, 15) is 4.79 Å². The monoisotopic (exact) mass is 278 g/mol. The predicted octanol–water partition coefficient (Wildman–Crippen LogP) is 2.94. The number of carbonyl (C=O) groups excluding carboxylic acids is 1. The van der Waals surface area contributed by atoms with Crippen LogP contribution in [0.3, 0.4) is 0 Å². The number of cyclic esters (lactones) is 1. The van der Waals surface area contributed by atoms with Crippen LogP contribution >= 0.6 is 0 Å². The summed E-state index contributed by atoms with van der Waals surface area (Å²) in [7, 11) is 1.65. The van der Waals surface area contributed by atoms with E-state index in [1.807, 2.05) is 24.3 Å². The first kappa shape index (κ1) is 14.9. The molecule has 1 aromatic rings. The van der Waals surface area contributed by atoms with Crippen LogP contribution in [0.25, 0.3) is 0 Å². The molecule has 0 saturated carbocycles. The highest BCUT2D eigenvalue weighted by molar-refractivity contribution is 5.70. The van der Waals surface area contributed by atoms with Crippen LogP contribution in [0.5, 0.6) is 5.75 Å². The summed E-state index contributed by atoms with van der Waals surface area (Å²) >= 11 is 0. The molecule has 110 valence electrons. The standard InChI is InChI=1S/C16H22O4/c1-12-4-3-9-19-16(17)10-15(12)20-11-13-5-7-14(18-2)8-6-13/h5-8,12,15H,3-4,9-11H2,1-2H3/t12-,15+/m0/s1. The van der Waals surface area contributed by atoms with E-state index >= 15 is 0 Å². The maximum absolute atomic E-state index is 11.6. The van der Waals surface area contributed by atoms with Crippen LogP contribution in [0.15, 0.2) is 24.3 Å². The SMILES string of the molecule is COc1ccc(CO[C@@H]2CC(=O)OCCC[C@@H]2C)cc1. The lowest BCUT2D eigenvalue weighted by Crippen LogP contribution is -2.28. The Kier molecular flexibility index (Phi) is 5.41. The number of carbonyl (C=O) groups is 1. The van der Waals surface area contributed by atoms with Crippen molar-refractivity contribution >= 4 is 5.97 Å². The Morgan fingerprint density at radius 2 is 2.05 bits per heavy atom. The van der Waals surface area contributed by atoms with Crippen LogP contribution < -0.4 is 4.74 Å². The van der Waals surface area contributed by atoms with Crippen LogP contribution in [-0.4, -0.2) is 25.8 Å². The third-order valence-electron chi connectivity index (χ3n) is 3.69. The molecule has 20 heavy (non-hydrogen) atoms. The molecule has 2 rings (SSSR count). The number of methoxy groups -OCH3 is 1. The zero-order chi connectivity index (χ0) is 14.4. The first-order chi connectivity index (χ1) is 9.69. The number of rotatable bonds is 4. The molecule has 0 bridgehead atoms. The lowest BCUT2D eigenvalue weighted by atomic mass is 9.95. The highest BCUT2D eigenvalue weighted by Gasteiger charge is 2.24. The normalized spacial score (nSPS) is 23.6. The molecular weight excluding hydrogens is 256 g/mol. The third kappa shape index (κ3) is 4.23. The fourth-order valence-corrected chi connectivity index (χ4v) is 2.35. The van der Waals surface area contributed by atoms with Gasteiger partial charge in [0.2, 0.25) is 0 Å². The molecule has 0 amide bonds. The van der Waals surface area contributed by atoms with Gasteiger partial charge >= 0.3 is 5.97 Å². The Balaban J connectivity index is 1.90. The summed E-state index contributed by atoms with van der Waals surface area (Å²) in [5.41, 5.74) is 1.08. The number of hydrogen-bond acceptors (Lipinski definition) is 4. The molecule has 0 spiro atoms. The van der Waals surface area contributed by atoms with Gasteiger partial charge in [-0.3, -0.25) is 4.79 Å². The van der Waals surface area contributed by atoms with Crippen molar-refractivity contribution in [2.24, 2.45) is 5.92 Å². The second-order valence-electron chi connectivity index (χ2n) is 5.24. The van der Waals surface area contributed by atoms with Crippen molar-refractivity contribution in [2.45, 2.75) is 38.9 Å². The van der Waals surface area contributed by atoms with Gasteiger partial charge in [-0.2, -0.15) is 0 Å². The van der Waals surface area contributed by atoms with Gasteiger partial charge in [0.1, 0.15) is 5.75 Å². The molecule has 1 aromatic carbocycles. The van der Waals surface area contributed by atoms with Crippen molar-refractivity contribution in [3.05, 3.63) is 29.8 Å². The molecule has 0 aromatic heterocycles. The summed E-state index contributed by atoms with van der Waals surface area (Å²) in [6.07, 6.45) is 2.22. The van der Waals surface area contributed by atoms with Crippen molar-refractivity contribution in [2.75, 3.05) is 13.7 Å². The van der Waals surface area contributed by atoms with Gasteiger partial charge in [0, 0.05) is 0 Å². The van der Waals surface area contributed by atoms with Crippen LogP contribution in [-0.2, 0) is 20.9 Å². The molecule has 2 atom stereocenters. The number of benzene rings is 1. The third-order valence-corrected chi connectivity index (χ3v) is 3.69. The average molecular weight is 278 g/mol. The van der Waals surface area contributed by atoms with Gasteiger partial charge in [0.15, 0.2) is 0 Å². The van der Waals surface area contributed by atoms with E-state index in [0.717, 1.165) is 24.2 Å². The molecular formula is C16H22O4. The summed E-state index contributed by atoms with van der Waals surface area (Å²) in [6, 6.07) is 7.78. The van der Waals surface area contributed by atoms with Gasteiger partial charge in [0.05, 0.1) is 32.8 Å². The topological polar surface area (TPSA) is 44.8 Å². The second-order valence-corrected chi connectivity index (χ2v) is 5.24. The minimum Gasteiger partial charge on any atom is -0.497 e. The van der Waals surface area contributed by atoms with Crippen molar-refractivity contribution < 1.29 is 19.0 Å². The molecule has 1 aliphatic rings. The largest absolute Gasteiger partial charge is 0.497 e. The average Bonchev–Trinajstić information content (AvgIpc) is 2.46. The minimum absolute atomic E-state index is 0.0649. The Bertz CT molecular complexity index is 427. The Morgan fingerprint density at radius 3 is 2.75 bits per heavy atom. The Hall–Kier alpha value is -1.55. The highest BCUT2D eigenvalue weighted by atomic mass is 16.5. The molecule has 1 aliphatic heterocycles. The fourth-order valence-electron chi connectivity index (χ4n) is 2.35. The van der Waals surface area contributed by atoms with Crippen LogP contribution in [0, 0.1) is 5.92 Å². The second kappa shape index (κ2) is 7.29. The zero-order valence-electron chi connectivity index (χ0n) is 12.1. The molecule has 1 fully saturated rings. The molecule has 0 unspecified atom stereocenters. The summed E-state index contributed by atoms with van der Waals surface area (Å²) in [5.74, 6) is 1.05. The van der Waals surface area contributed by atoms with E-state index in [4.69, 9.17) is 14.2 Å². The first-order valence-electron chi connectivity index (χ1n) is 7.09. The molecule has 1 heterocycles. The van der Waals surface area contributed by atoms with E-state index in [2.05, 4.69) is 6.92 Å². The maximum Gasteiger partial charge on any atom is 0.308 e. The van der Waals surface area contributed by atoms with Crippen molar-refractivity contribution in [3.63, 3.8) is 0 Å². The first-order valence-corrected chi connectivity index (χ1v) is 7.09. The predicted molar refractivity (Wildman–Crippen MR) is 75.5 cm³/mol. The van der Waals surface area contributed by atoms with E-state index in [-0.39, 0.29) is 12.1 Å². The van der Waals surface area contributed by atoms with Crippen molar-refractivity contribution in [3.8, 4) is 5.75 Å². The van der Waals surface area contributed by atoms with Crippen molar-refractivity contribution in [1.82, 2.24) is 0 Å². The maximum atomic E-state index is 11.6. The summed E-state index contributed by atoms with van der Waals surface area (Å²) in [4.78, 5) is 11.6. The van der Waals surface area contributed by atoms with E-state index in [0.29, 0.717) is 25.6 Å². The van der Waals surface area contributed by atoms with Gasteiger partial charge < -0.3 is 14.2 Å². The summed E-state index contributed by atoms with van der Waals surface area (Å²) in [6.45, 7) is 3.18. The molecule has 0 radical (unpaired) electrons. The minimum atomic E-state index is -0.156. The quantitative estimate of drug-likeness (QED) is 0.794. The van der Waals surface area contributed by atoms with E-state index in [1.165, 1.54) is 0 Å². The molecule has 4 nitrogen and oxygen atoms in total. The fraction of sp³-hybridized carbons (Fsp3) is 0.562. The van der Waals surface area contributed by atoms with E-state index < -0.39 is 0 Å². The molecule has 0 N–H and O–H groups in total. The molecule has 0 aliphatic carbocycles. The van der Waals surface area contributed by atoms with E-state index in [1.54, 1.807) is 7.11 Å². The van der Waals surface area contributed by atoms with Crippen LogP contribution in [0.4, 0.5) is 0 Å². The van der Waals surface area contributed by atoms with Gasteiger partial charge in [-0.25, -0.2) is 0 Å². The molecule has 1 saturated heterocycles. The Labute approximate surface area is 120 Å². The van der Waals surface area contributed by atoms with Crippen molar-refractivity contribution in [1.29, 1.82) is 0 Å². The summed E-state index contributed by atoms with van der Waals surface area (Å²) in [5, 5.41) is 0.